The van der Waals surface area contributed by atoms with E-state index in [0.29, 0.717) is 31.6 Å². The standard InChI is InChI=1S/C19H25NO4/c21-19(22)16-12-20(11-15(16)14-3-1-2-4-14)10-13-5-6-17-18(9-13)24-8-7-23-17/h5-6,9,14-16H,1-4,7-8,10-12H2,(H,21,22)/t15-,16+/m0/s1. The summed E-state index contributed by atoms with van der Waals surface area (Å²) in [6, 6.07) is 6.06. The van der Waals surface area contributed by atoms with E-state index in [1.807, 2.05) is 12.1 Å². The molecule has 1 aliphatic carbocycles. The van der Waals surface area contributed by atoms with Crippen molar-refractivity contribution in [2.75, 3.05) is 26.3 Å². The monoisotopic (exact) mass is 331 g/mol. The number of carboxylic acids is 1. The number of ether oxygens (including phenoxy) is 2. The van der Waals surface area contributed by atoms with Gasteiger partial charge in [0, 0.05) is 19.6 Å². The van der Waals surface area contributed by atoms with Crippen molar-refractivity contribution in [3.63, 3.8) is 0 Å². The topological polar surface area (TPSA) is 59.0 Å². The van der Waals surface area contributed by atoms with Gasteiger partial charge >= 0.3 is 5.97 Å². The van der Waals surface area contributed by atoms with Crippen LogP contribution in [0.4, 0.5) is 0 Å². The Bertz CT molecular complexity index is 611. The Kier molecular flexibility index (Phi) is 4.35. The van der Waals surface area contributed by atoms with Crippen LogP contribution < -0.4 is 9.47 Å². The third kappa shape index (κ3) is 3.09. The number of likely N-dealkylation sites (tertiary alicyclic amines) is 1. The highest BCUT2D eigenvalue weighted by atomic mass is 16.6. The maximum atomic E-state index is 11.7. The van der Waals surface area contributed by atoms with Gasteiger partial charge in [0.2, 0.25) is 0 Å². The molecule has 0 aromatic heterocycles. The van der Waals surface area contributed by atoms with Gasteiger partial charge in [-0.2, -0.15) is 0 Å². The molecule has 5 heteroatoms. The third-order valence-corrected chi connectivity index (χ3v) is 5.78. The van der Waals surface area contributed by atoms with Gasteiger partial charge in [0.25, 0.3) is 0 Å². The molecule has 0 bridgehead atoms. The number of benzene rings is 1. The van der Waals surface area contributed by atoms with E-state index in [9.17, 15) is 9.90 Å². The van der Waals surface area contributed by atoms with Gasteiger partial charge in [-0.05, 0) is 29.5 Å². The van der Waals surface area contributed by atoms with E-state index >= 15 is 0 Å². The quantitative estimate of drug-likeness (QED) is 0.919. The molecule has 1 saturated heterocycles. The van der Waals surface area contributed by atoms with Crippen molar-refractivity contribution >= 4 is 5.97 Å². The molecule has 4 rings (SSSR count). The number of carbonyl (C=O) groups is 1. The molecule has 1 N–H and O–H groups in total. The Hall–Kier alpha value is -1.75. The number of hydrogen-bond donors (Lipinski definition) is 1. The fourth-order valence-electron chi connectivity index (χ4n) is 4.61. The lowest BCUT2D eigenvalue weighted by molar-refractivity contribution is -0.143. The Labute approximate surface area is 142 Å². The SMILES string of the molecule is O=C(O)[C@@H]1CN(Cc2ccc3c(c2)OCCO3)C[C@H]1C1CCCC1. The second-order valence-electron chi connectivity index (χ2n) is 7.33. The largest absolute Gasteiger partial charge is 0.486 e. The minimum atomic E-state index is -0.628. The lowest BCUT2D eigenvalue weighted by Crippen LogP contribution is -2.26. The van der Waals surface area contributed by atoms with E-state index in [2.05, 4.69) is 11.0 Å². The van der Waals surface area contributed by atoms with Crippen molar-refractivity contribution in [3.8, 4) is 11.5 Å². The number of rotatable bonds is 4. The van der Waals surface area contributed by atoms with Crippen molar-refractivity contribution < 1.29 is 19.4 Å². The second kappa shape index (κ2) is 6.63. The summed E-state index contributed by atoms with van der Waals surface area (Å²) in [5.74, 6) is 1.67. The minimum absolute atomic E-state index is 0.217. The molecular formula is C19H25NO4. The first kappa shape index (κ1) is 15.8. The van der Waals surface area contributed by atoms with Gasteiger partial charge in [-0.1, -0.05) is 31.7 Å². The van der Waals surface area contributed by atoms with Crippen LogP contribution in [-0.4, -0.2) is 42.3 Å². The highest BCUT2D eigenvalue weighted by Crippen LogP contribution is 2.40. The molecule has 2 atom stereocenters. The lowest BCUT2D eigenvalue weighted by Gasteiger charge is -2.22. The summed E-state index contributed by atoms with van der Waals surface area (Å²) in [7, 11) is 0. The van der Waals surface area contributed by atoms with Gasteiger partial charge in [0.05, 0.1) is 5.92 Å². The number of hydrogen-bond acceptors (Lipinski definition) is 4. The zero-order valence-corrected chi connectivity index (χ0v) is 13.9. The van der Waals surface area contributed by atoms with Crippen LogP contribution in [0, 0.1) is 17.8 Å². The van der Waals surface area contributed by atoms with E-state index in [1.165, 1.54) is 25.7 Å². The third-order valence-electron chi connectivity index (χ3n) is 5.78. The molecule has 24 heavy (non-hydrogen) atoms. The summed E-state index contributed by atoms with van der Waals surface area (Å²) in [5, 5.41) is 9.62. The maximum absolute atomic E-state index is 11.7. The minimum Gasteiger partial charge on any atom is -0.486 e. The van der Waals surface area contributed by atoms with E-state index in [4.69, 9.17) is 9.47 Å². The summed E-state index contributed by atoms with van der Waals surface area (Å²) >= 11 is 0. The predicted molar refractivity (Wildman–Crippen MR) is 89.3 cm³/mol. The van der Waals surface area contributed by atoms with Gasteiger partial charge in [-0.3, -0.25) is 9.69 Å². The molecule has 1 saturated carbocycles. The predicted octanol–water partition coefficient (Wildman–Crippen LogP) is 2.78. The first-order valence-electron chi connectivity index (χ1n) is 9.04. The first-order chi connectivity index (χ1) is 11.7. The van der Waals surface area contributed by atoms with Crippen LogP contribution in [-0.2, 0) is 11.3 Å². The number of aliphatic carboxylic acids is 1. The van der Waals surface area contributed by atoms with E-state index in [0.717, 1.165) is 30.2 Å². The summed E-state index contributed by atoms with van der Waals surface area (Å²) in [5.41, 5.74) is 1.16. The van der Waals surface area contributed by atoms with Crippen LogP contribution in [0.25, 0.3) is 0 Å². The normalized spacial score (nSPS) is 27.5. The van der Waals surface area contributed by atoms with Gasteiger partial charge in [-0.15, -0.1) is 0 Å². The average molecular weight is 331 g/mol. The van der Waals surface area contributed by atoms with Crippen molar-refractivity contribution in [2.24, 2.45) is 17.8 Å². The molecule has 0 amide bonds. The second-order valence-corrected chi connectivity index (χ2v) is 7.33. The van der Waals surface area contributed by atoms with Gasteiger partial charge < -0.3 is 14.6 Å². The first-order valence-corrected chi connectivity index (χ1v) is 9.04. The smallest absolute Gasteiger partial charge is 0.308 e. The van der Waals surface area contributed by atoms with E-state index in [1.54, 1.807) is 0 Å². The van der Waals surface area contributed by atoms with Crippen LogP contribution in [0.5, 0.6) is 11.5 Å². The molecule has 0 radical (unpaired) electrons. The van der Waals surface area contributed by atoms with E-state index < -0.39 is 5.97 Å². The van der Waals surface area contributed by atoms with Crippen LogP contribution >= 0.6 is 0 Å². The highest BCUT2D eigenvalue weighted by Gasteiger charge is 2.42. The molecule has 2 heterocycles. The van der Waals surface area contributed by atoms with Crippen LogP contribution in [0.2, 0.25) is 0 Å². The molecule has 0 unspecified atom stereocenters. The fraction of sp³-hybridized carbons (Fsp3) is 0.632. The number of carboxylic acid groups (broad SMARTS) is 1. The van der Waals surface area contributed by atoms with E-state index in [-0.39, 0.29) is 5.92 Å². The zero-order chi connectivity index (χ0) is 16.5. The molecule has 5 nitrogen and oxygen atoms in total. The molecule has 2 aliphatic heterocycles. The van der Waals surface area contributed by atoms with Gasteiger partial charge in [0.1, 0.15) is 13.2 Å². The molecule has 3 aliphatic rings. The highest BCUT2D eigenvalue weighted by molar-refractivity contribution is 5.71. The summed E-state index contributed by atoms with van der Waals surface area (Å²) < 4.78 is 11.2. The Morgan fingerprint density at radius 2 is 1.88 bits per heavy atom. The van der Waals surface area contributed by atoms with Gasteiger partial charge in [0.15, 0.2) is 11.5 Å². The van der Waals surface area contributed by atoms with Gasteiger partial charge in [-0.25, -0.2) is 0 Å². The maximum Gasteiger partial charge on any atom is 0.308 e. The lowest BCUT2D eigenvalue weighted by atomic mass is 9.83. The van der Waals surface area contributed by atoms with Crippen molar-refractivity contribution in [1.82, 2.24) is 4.90 Å². The van der Waals surface area contributed by atoms with Crippen molar-refractivity contribution in [1.29, 1.82) is 0 Å². The van der Waals surface area contributed by atoms with Crippen molar-refractivity contribution in [3.05, 3.63) is 23.8 Å². The Morgan fingerprint density at radius 3 is 2.62 bits per heavy atom. The molecule has 1 aromatic carbocycles. The summed E-state index contributed by atoms with van der Waals surface area (Å²) in [6.07, 6.45) is 4.92. The molecular weight excluding hydrogens is 306 g/mol. The number of fused-ring (bicyclic) bond motifs is 1. The zero-order valence-electron chi connectivity index (χ0n) is 13.9. The molecule has 130 valence electrons. The molecule has 0 spiro atoms. The molecule has 2 fully saturated rings. The fourth-order valence-corrected chi connectivity index (χ4v) is 4.61. The average Bonchev–Trinajstić information content (AvgIpc) is 3.24. The van der Waals surface area contributed by atoms with Crippen LogP contribution in [0.1, 0.15) is 31.2 Å². The Morgan fingerprint density at radius 1 is 1.12 bits per heavy atom. The molecule has 1 aromatic rings. The summed E-state index contributed by atoms with van der Waals surface area (Å²) in [6.45, 7) is 3.53. The Balaban J connectivity index is 1.45. The summed E-state index contributed by atoms with van der Waals surface area (Å²) in [4.78, 5) is 14.0. The van der Waals surface area contributed by atoms with Crippen LogP contribution in [0.3, 0.4) is 0 Å². The van der Waals surface area contributed by atoms with Crippen molar-refractivity contribution in [2.45, 2.75) is 32.2 Å². The van der Waals surface area contributed by atoms with Crippen LogP contribution in [0.15, 0.2) is 18.2 Å². The number of nitrogens with zero attached hydrogens (tertiary/aromatic N) is 1.